The summed E-state index contributed by atoms with van der Waals surface area (Å²) in [6.07, 6.45) is 0. The van der Waals surface area contributed by atoms with E-state index in [1.807, 2.05) is 0 Å². The Bertz CT molecular complexity index is 409. The molecule has 0 fully saturated rings. The molecule has 0 aliphatic carbocycles. The molecule has 1 aromatic rings. The molecule has 0 heterocycles. The lowest BCUT2D eigenvalue weighted by Gasteiger charge is -2.08. The van der Waals surface area contributed by atoms with Crippen LogP contribution in [-0.2, 0) is 4.74 Å². The van der Waals surface area contributed by atoms with Crippen LogP contribution in [0.15, 0.2) is 18.2 Å². The van der Waals surface area contributed by atoms with Crippen molar-refractivity contribution in [1.82, 2.24) is 0 Å². The van der Waals surface area contributed by atoms with Gasteiger partial charge in [0, 0.05) is 5.56 Å². The summed E-state index contributed by atoms with van der Waals surface area (Å²) in [6.45, 7) is 3.39. The van der Waals surface area contributed by atoms with Gasteiger partial charge in [0.15, 0.2) is 5.78 Å². The maximum atomic E-state index is 11.6. The summed E-state index contributed by atoms with van der Waals surface area (Å²) in [6, 6.07) is 4.71. The number of ether oxygens (including phenoxy) is 2. The van der Waals surface area contributed by atoms with Crippen LogP contribution in [0.25, 0.3) is 0 Å². The van der Waals surface area contributed by atoms with Gasteiger partial charge in [0.25, 0.3) is 0 Å². The van der Waals surface area contributed by atoms with E-state index < -0.39 is 5.97 Å². The second kappa shape index (κ2) is 5.30. The van der Waals surface area contributed by atoms with E-state index >= 15 is 0 Å². The molecule has 0 amide bonds. The standard InChI is InChI=1S/C12H14O4/c1-4-16-12(14)11-7-9(15-3)5-6-10(11)8(2)13/h5-7H,4H2,1-3H3. The number of esters is 1. The zero-order valence-corrected chi connectivity index (χ0v) is 9.57. The molecule has 1 rings (SSSR count). The van der Waals surface area contributed by atoms with Gasteiger partial charge in [0.05, 0.1) is 19.3 Å². The van der Waals surface area contributed by atoms with E-state index in [9.17, 15) is 9.59 Å². The van der Waals surface area contributed by atoms with Crippen LogP contribution in [0, 0.1) is 0 Å². The first kappa shape index (κ1) is 12.2. The van der Waals surface area contributed by atoms with Crippen LogP contribution < -0.4 is 4.74 Å². The molecule has 0 atom stereocenters. The lowest BCUT2D eigenvalue weighted by Crippen LogP contribution is -2.10. The van der Waals surface area contributed by atoms with Gasteiger partial charge in [0.1, 0.15) is 5.75 Å². The Hall–Kier alpha value is -1.84. The van der Waals surface area contributed by atoms with Crippen molar-refractivity contribution in [3.63, 3.8) is 0 Å². The lowest BCUT2D eigenvalue weighted by molar-refractivity contribution is 0.0523. The van der Waals surface area contributed by atoms with Gasteiger partial charge in [-0.05, 0) is 32.0 Å². The predicted molar refractivity (Wildman–Crippen MR) is 59.0 cm³/mol. The highest BCUT2D eigenvalue weighted by atomic mass is 16.5. The van der Waals surface area contributed by atoms with E-state index in [2.05, 4.69) is 0 Å². The van der Waals surface area contributed by atoms with Gasteiger partial charge >= 0.3 is 5.97 Å². The molecule has 0 saturated heterocycles. The van der Waals surface area contributed by atoms with Crippen molar-refractivity contribution in [2.75, 3.05) is 13.7 Å². The number of hydrogen-bond acceptors (Lipinski definition) is 4. The highest BCUT2D eigenvalue weighted by Crippen LogP contribution is 2.19. The fourth-order valence-corrected chi connectivity index (χ4v) is 1.34. The van der Waals surface area contributed by atoms with Crippen LogP contribution in [0.2, 0.25) is 0 Å². The van der Waals surface area contributed by atoms with Crippen molar-refractivity contribution in [2.24, 2.45) is 0 Å². The van der Waals surface area contributed by atoms with E-state index in [1.54, 1.807) is 19.1 Å². The molecule has 0 N–H and O–H groups in total. The van der Waals surface area contributed by atoms with Crippen molar-refractivity contribution in [3.8, 4) is 5.75 Å². The van der Waals surface area contributed by atoms with Crippen molar-refractivity contribution >= 4 is 11.8 Å². The minimum Gasteiger partial charge on any atom is -0.497 e. The SMILES string of the molecule is CCOC(=O)c1cc(OC)ccc1C(C)=O. The molecule has 0 saturated carbocycles. The van der Waals surface area contributed by atoms with Crippen molar-refractivity contribution in [2.45, 2.75) is 13.8 Å². The maximum Gasteiger partial charge on any atom is 0.338 e. The van der Waals surface area contributed by atoms with Gasteiger partial charge in [-0.15, -0.1) is 0 Å². The molecule has 0 unspecified atom stereocenters. The third-order valence-electron chi connectivity index (χ3n) is 2.10. The third-order valence-corrected chi connectivity index (χ3v) is 2.10. The third kappa shape index (κ3) is 2.59. The minimum atomic E-state index is -0.508. The Morgan fingerprint density at radius 1 is 1.25 bits per heavy atom. The second-order valence-electron chi connectivity index (χ2n) is 3.19. The average molecular weight is 222 g/mol. The fourth-order valence-electron chi connectivity index (χ4n) is 1.34. The molecule has 0 aromatic heterocycles. The summed E-state index contributed by atoms with van der Waals surface area (Å²) in [5.41, 5.74) is 0.591. The number of carbonyl (C=O) groups excluding carboxylic acids is 2. The largest absolute Gasteiger partial charge is 0.497 e. The van der Waals surface area contributed by atoms with Crippen LogP contribution in [-0.4, -0.2) is 25.5 Å². The molecule has 4 heteroatoms. The number of rotatable bonds is 4. The monoisotopic (exact) mass is 222 g/mol. The summed E-state index contributed by atoms with van der Waals surface area (Å²) in [4.78, 5) is 22.9. The van der Waals surface area contributed by atoms with Crippen LogP contribution in [0.5, 0.6) is 5.75 Å². The molecule has 0 radical (unpaired) electrons. The highest BCUT2D eigenvalue weighted by molar-refractivity contribution is 6.05. The second-order valence-corrected chi connectivity index (χ2v) is 3.19. The Labute approximate surface area is 94.2 Å². The Kier molecular flexibility index (Phi) is 4.05. The van der Waals surface area contributed by atoms with Crippen molar-refractivity contribution in [1.29, 1.82) is 0 Å². The van der Waals surface area contributed by atoms with Gasteiger partial charge in [-0.25, -0.2) is 4.79 Å². The molecule has 1 aromatic carbocycles. The number of methoxy groups -OCH3 is 1. The molecular weight excluding hydrogens is 208 g/mol. The number of carbonyl (C=O) groups is 2. The Morgan fingerprint density at radius 2 is 1.94 bits per heavy atom. The van der Waals surface area contributed by atoms with Gasteiger partial charge < -0.3 is 9.47 Å². The summed E-state index contributed by atoms with van der Waals surface area (Å²) < 4.78 is 9.87. The first-order valence-corrected chi connectivity index (χ1v) is 4.96. The summed E-state index contributed by atoms with van der Waals surface area (Å²) >= 11 is 0. The van der Waals surface area contributed by atoms with Crippen LogP contribution in [0.1, 0.15) is 34.6 Å². The molecule has 86 valence electrons. The van der Waals surface area contributed by atoms with Gasteiger partial charge in [-0.3, -0.25) is 4.79 Å². The zero-order valence-electron chi connectivity index (χ0n) is 9.57. The molecule has 16 heavy (non-hydrogen) atoms. The highest BCUT2D eigenvalue weighted by Gasteiger charge is 2.16. The van der Waals surface area contributed by atoms with E-state index in [1.165, 1.54) is 20.1 Å². The molecular formula is C12H14O4. The Morgan fingerprint density at radius 3 is 2.44 bits per heavy atom. The maximum absolute atomic E-state index is 11.6. The first-order chi connectivity index (χ1) is 7.60. The van der Waals surface area contributed by atoms with E-state index in [0.717, 1.165) is 0 Å². The quantitative estimate of drug-likeness (QED) is 0.578. The fraction of sp³-hybridized carbons (Fsp3) is 0.333. The number of benzene rings is 1. The summed E-state index contributed by atoms with van der Waals surface area (Å²) in [7, 11) is 1.50. The predicted octanol–water partition coefficient (Wildman–Crippen LogP) is 2.07. The molecule has 0 bridgehead atoms. The minimum absolute atomic E-state index is 0.175. The average Bonchev–Trinajstić information content (AvgIpc) is 2.28. The van der Waals surface area contributed by atoms with Crippen LogP contribution in [0.4, 0.5) is 0 Å². The first-order valence-electron chi connectivity index (χ1n) is 4.96. The Balaban J connectivity index is 3.20. The van der Waals surface area contributed by atoms with Gasteiger partial charge in [-0.2, -0.15) is 0 Å². The topological polar surface area (TPSA) is 52.6 Å². The molecule has 0 aliphatic rings. The molecule has 0 aliphatic heterocycles. The van der Waals surface area contributed by atoms with Gasteiger partial charge in [-0.1, -0.05) is 0 Å². The number of ketones is 1. The zero-order chi connectivity index (χ0) is 12.1. The summed E-state index contributed by atoms with van der Waals surface area (Å²) in [5, 5.41) is 0. The molecule has 0 spiro atoms. The number of hydrogen-bond donors (Lipinski definition) is 0. The van der Waals surface area contributed by atoms with E-state index in [-0.39, 0.29) is 18.0 Å². The normalized spacial score (nSPS) is 9.69. The smallest absolute Gasteiger partial charge is 0.338 e. The van der Waals surface area contributed by atoms with Crippen LogP contribution in [0.3, 0.4) is 0 Å². The van der Waals surface area contributed by atoms with Crippen LogP contribution >= 0.6 is 0 Å². The van der Waals surface area contributed by atoms with Gasteiger partial charge in [0.2, 0.25) is 0 Å². The number of Topliss-reactive ketones (excluding diaryl/α,β-unsaturated/α-hetero) is 1. The van der Waals surface area contributed by atoms with Crippen molar-refractivity contribution in [3.05, 3.63) is 29.3 Å². The molecule has 4 nitrogen and oxygen atoms in total. The summed E-state index contributed by atoms with van der Waals surface area (Å²) in [5.74, 6) is -0.162. The lowest BCUT2D eigenvalue weighted by atomic mass is 10.0. The van der Waals surface area contributed by atoms with Crippen molar-refractivity contribution < 1.29 is 19.1 Å². The van der Waals surface area contributed by atoms with E-state index in [4.69, 9.17) is 9.47 Å². The van der Waals surface area contributed by atoms with E-state index in [0.29, 0.717) is 11.3 Å².